The van der Waals surface area contributed by atoms with E-state index in [1.165, 1.54) is 0 Å². The van der Waals surface area contributed by atoms with Crippen molar-refractivity contribution in [3.8, 4) is 0 Å². The molecule has 0 aliphatic carbocycles. The zero-order valence-corrected chi connectivity index (χ0v) is 12.9. The molecule has 6 heteroatoms. The molecule has 0 saturated carbocycles. The fourth-order valence-electron chi connectivity index (χ4n) is 1.45. The Morgan fingerprint density at radius 2 is 1.50 bits per heavy atom. The molecule has 106 valence electrons. The van der Waals surface area contributed by atoms with E-state index in [-0.39, 0.29) is 5.91 Å². The van der Waals surface area contributed by atoms with Gasteiger partial charge in [-0.15, -0.1) is 0 Å². The van der Waals surface area contributed by atoms with Crippen LogP contribution in [0.15, 0.2) is 12.2 Å². The summed E-state index contributed by atoms with van der Waals surface area (Å²) in [6.45, 7) is 12.5. The smallest absolute Gasteiger partial charge is 0.357 e. The molecular weight excluding hydrogens is 250 g/mol. The van der Waals surface area contributed by atoms with E-state index >= 15 is 0 Å². The Bertz CT molecular complexity index is 254. The van der Waals surface area contributed by atoms with E-state index in [1.54, 1.807) is 0 Å². The fraction of sp³-hybridized carbons (Fsp3) is 0.750. The molecule has 0 aromatic rings. The zero-order chi connectivity index (χ0) is 14.0. The molecular formula is C12H25NO4Si. The molecule has 0 aliphatic heterocycles. The summed E-state index contributed by atoms with van der Waals surface area (Å²) in [4.78, 5) is 14.7. The van der Waals surface area contributed by atoms with Gasteiger partial charge in [0.05, 0.1) is 0 Å². The number of hydrogen-bond donors (Lipinski definition) is 1. The van der Waals surface area contributed by atoms with Gasteiger partial charge < -0.3 is 18.3 Å². The molecule has 0 fully saturated rings. The second-order valence-electron chi connectivity index (χ2n) is 3.66. The van der Waals surface area contributed by atoms with Gasteiger partial charge in [-0.05, 0) is 27.2 Å². The Morgan fingerprint density at radius 3 is 1.83 bits per heavy atom. The molecule has 0 aromatic carbocycles. The van der Waals surface area contributed by atoms with E-state index in [2.05, 4.69) is 11.6 Å². The Labute approximate surface area is 111 Å². The highest BCUT2D eigenvalue weighted by atomic mass is 28.4. The molecule has 0 radical (unpaired) electrons. The van der Waals surface area contributed by atoms with Gasteiger partial charge in [0.1, 0.15) is 0 Å². The normalized spacial score (nSPS) is 11.3. The topological polar surface area (TPSA) is 56.8 Å². The summed E-state index contributed by atoms with van der Waals surface area (Å²) in [6, 6.07) is 0. The third-order valence-electron chi connectivity index (χ3n) is 2.14. The number of carbonyl (C=O) groups is 1. The van der Waals surface area contributed by atoms with E-state index in [1.807, 2.05) is 27.7 Å². The van der Waals surface area contributed by atoms with Crippen LogP contribution in [-0.2, 0) is 18.1 Å². The molecule has 0 rings (SSSR count). The van der Waals surface area contributed by atoms with Crippen LogP contribution in [0.4, 0.5) is 0 Å². The third-order valence-corrected chi connectivity index (χ3v) is 4.68. The first-order valence-corrected chi connectivity index (χ1v) is 8.19. The summed E-state index contributed by atoms with van der Waals surface area (Å²) in [7, 11) is -3.11. The minimum atomic E-state index is -3.11. The number of hydrogen-bond acceptors (Lipinski definition) is 4. The van der Waals surface area contributed by atoms with E-state index in [4.69, 9.17) is 13.3 Å². The number of rotatable bonds is 10. The van der Waals surface area contributed by atoms with E-state index in [0.717, 1.165) is 6.42 Å². The van der Waals surface area contributed by atoms with Gasteiger partial charge >= 0.3 is 8.97 Å². The van der Waals surface area contributed by atoms with Crippen molar-refractivity contribution < 1.29 is 18.1 Å². The van der Waals surface area contributed by atoms with Crippen molar-refractivity contribution in [1.82, 2.24) is 4.98 Å². The average Bonchev–Trinajstić information content (AvgIpc) is 2.30. The van der Waals surface area contributed by atoms with Gasteiger partial charge in [0, 0.05) is 25.4 Å². The number of carbonyl (C=O) groups excluding carboxylic acids is 1. The number of nitrogens with one attached hydrogen (secondary N) is 1. The maximum absolute atomic E-state index is 12.0. The lowest BCUT2D eigenvalue weighted by Crippen LogP contribution is -2.61. The lowest BCUT2D eigenvalue weighted by atomic mass is 10.2. The molecule has 0 aromatic heterocycles. The van der Waals surface area contributed by atoms with Gasteiger partial charge in [0.25, 0.3) is 0 Å². The molecule has 1 N–H and O–H groups in total. The molecule has 0 spiro atoms. The second kappa shape index (κ2) is 9.27. The van der Waals surface area contributed by atoms with E-state index in [9.17, 15) is 4.79 Å². The molecule has 0 atom stereocenters. The summed E-state index contributed by atoms with van der Waals surface area (Å²) in [5.74, 6) is -0.251. The molecule has 0 bridgehead atoms. The summed E-state index contributed by atoms with van der Waals surface area (Å²) in [6.07, 6.45) is 1.53. The van der Waals surface area contributed by atoms with Crippen LogP contribution in [0.1, 0.15) is 40.5 Å². The van der Waals surface area contributed by atoms with Crippen molar-refractivity contribution in [3.05, 3.63) is 12.2 Å². The fourth-order valence-corrected chi connectivity index (χ4v) is 3.51. The Kier molecular flexibility index (Phi) is 8.91. The zero-order valence-electron chi connectivity index (χ0n) is 11.9. The van der Waals surface area contributed by atoms with Gasteiger partial charge in [-0.3, -0.25) is 4.79 Å². The van der Waals surface area contributed by atoms with Crippen molar-refractivity contribution in [1.29, 1.82) is 0 Å². The predicted molar refractivity (Wildman–Crippen MR) is 72.8 cm³/mol. The molecule has 0 unspecified atom stereocenters. The number of amides is 1. The molecule has 0 aliphatic rings. The second-order valence-corrected chi connectivity index (χ2v) is 5.89. The first-order chi connectivity index (χ1) is 8.55. The largest absolute Gasteiger partial charge is 0.633 e. The maximum Gasteiger partial charge on any atom is 0.633 e. The van der Waals surface area contributed by atoms with Gasteiger partial charge in [0.15, 0.2) is 0 Å². The monoisotopic (exact) mass is 275 g/mol. The Hall–Kier alpha value is -0.693. The minimum absolute atomic E-state index is 0.251. The highest BCUT2D eigenvalue weighted by molar-refractivity contribution is 6.61. The van der Waals surface area contributed by atoms with Crippen LogP contribution in [0, 0.1) is 0 Å². The minimum Gasteiger partial charge on any atom is -0.357 e. The van der Waals surface area contributed by atoms with E-state index < -0.39 is 8.97 Å². The van der Waals surface area contributed by atoms with Crippen LogP contribution >= 0.6 is 0 Å². The quantitative estimate of drug-likeness (QED) is 0.489. The van der Waals surface area contributed by atoms with Crippen LogP contribution in [0.5, 0.6) is 0 Å². The van der Waals surface area contributed by atoms with Gasteiger partial charge in [-0.2, -0.15) is 0 Å². The van der Waals surface area contributed by atoms with Crippen molar-refractivity contribution in [2.75, 3.05) is 19.8 Å². The van der Waals surface area contributed by atoms with Crippen LogP contribution in [-0.4, -0.2) is 34.7 Å². The van der Waals surface area contributed by atoms with E-state index in [0.29, 0.717) is 31.8 Å². The van der Waals surface area contributed by atoms with Crippen LogP contribution in [0.3, 0.4) is 0 Å². The Morgan fingerprint density at radius 1 is 1.06 bits per heavy atom. The highest BCUT2D eigenvalue weighted by Gasteiger charge is 2.44. The van der Waals surface area contributed by atoms with Gasteiger partial charge in [0.2, 0.25) is 5.91 Å². The molecule has 5 nitrogen and oxygen atoms in total. The first-order valence-electron chi connectivity index (χ1n) is 6.47. The van der Waals surface area contributed by atoms with Gasteiger partial charge in [-0.25, -0.2) is 0 Å². The molecule has 0 heterocycles. The molecule has 18 heavy (non-hydrogen) atoms. The van der Waals surface area contributed by atoms with Crippen molar-refractivity contribution >= 4 is 14.9 Å². The van der Waals surface area contributed by atoms with Crippen molar-refractivity contribution in [3.63, 3.8) is 0 Å². The lowest BCUT2D eigenvalue weighted by molar-refractivity contribution is -0.117. The highest BCUT2D eigenvalue weighted by Crippen LogP contribution is 2.09. The average molecular weight is 275 g/mol. The summed E-state index contributed by atoms with van der Waals surface area (Å²) in [5, 5.41) is 0. The summed E-state index contributed by atoms with van der Waals surface area (Å²) < 4.78 is 16.6. The van der Waals surface area contributed by atoms with Crippen molar-refractivity contribution in [2.24, 2.45) is 0 Å². The summed E-state index contributed by atoms with van der Waals surface area (Å²) >= 11 is 0. The SMILES string of the molecule is C=C(CCC)C(=O)N[Si](OCC)(OCC)OCC. The Balaban J connectivity index is 4.73. The maximum atomic E-state index is 12.0. The predicted octanol–water partition coefficient (Wildman–Crippen LogP) is 2.00. The first kappa shape index (κ1) is 17.3. The molecule has 0 saturated heterocycles. The third kappa shape index (κ3) is 5.77. The lowest BCUT2D eigenvalue weighted by Gasteiger charge is -2.28. The van der Waals surface area contributed by atoms with Crippen molar-refractivity contribution in [2.45, 2.75) is 40.5 Å². The van der Waals surface area contributed by atoms with Crippen LogP contribution in [0.2, 0.25) is 0 Å². The summed E-state index contributed by atoms with van der Waals surface area (Å²) in [5.41, 5.74) is 0.522. The van der Waals surface area contributed by atoms with Crippen LogP contribution < -0.4 is 4.98 Å². The molecule has 1 amide bonds. The standard InChI is InChI=1S/C12H25NO4Si/c1-6-10-11(5)12(14)13-18(15-7-2,16-8-3)17-9-4/h5-10H2,1-4H3,(H,13,14). The van der Waals surface area contributed by atoms with Crippen LogP contribution in [0.25, 0.3) is 0 Å². The van der Waals surface area contributed by atoms with Gasteiger partial charge in [-0.1, -0.05) is 19.9 Å².